The maximum atomic E-state index is 12.5. The van der Waals surface area contributed by atoms with Gasteiger partial charge in [0.2, 0.25) is 0 Å². The number of rotatable bonds is 5. The molecule has 5 nitrogen and oxygen atoms in total. The molecule has 3 atom stereocenters. The summed E-state index contributed by atoms with van der Waals surface area (Å²) in [6.07, 6.45) is 1.75. The van der Waals surface area contributed by atoms with E-state index in [1.165, 1.54) is 11.3 Å². The first-order valence-corrected chi connectivity index (χ1v) is 9.88. The standard InChI is InChI=1S/C19H19ClN2O3S/c20-13-3-1-4-15(8-13)25-11-18(23)22-10-12-7-14(22)9-16(12)21-19(24)17-5-2-6-26-17/h1-6,8,12,14,16H,7,9-11H2,(H,21,24). The molecule has 1 aromatic heterocycles. The summed E-state index contributed by atoms with van der Waals surface area (Å²) >= 11 is 7.37. The Morgan fingerprint density at radius 2 is 2.15 bits per heavy atom. The molecule has 2 fully saturated rings. The van der Waals surface area contributed by atoms with Crippen molar-refractivity contribution in [1.82, 2.24) is 10.2 Å². The second-order valence-electron chi connectivity index (χ2n) is 6.73. The van der Waals surface area contributed by atoms with Crippen LogP contribution in [0.2, 0.25) is 5.02 Å². The van der Waals surface area contributed by atoms with E-state index in [0.717, 1.165) is 17.7 Å². The van der Waals surface area contributed by atoms with Gasteiger partial charge >= 0.3 is 0 Å². The molecule has 7 heteroatoms. The van der Waals surface area contributed by atoms with Gasteiger partial charge < -0.3 is 15.0 Å². The fourth-order valence-electron chi connectivity index (χ4n) is 3.87. The quantitative estimate of drug-likeness (QED) is 0.852. The normalized spacial score (nSPS) is 23.9. The average molecular weight is 391 g/mol. The Kier molecular flexibility index (Phi) is 4.87. The van der Waals surface area contributed by atoms with Crippen molar-refractivity contribution >= 4 is 34.8 Å². The molecule has 1 saturated carbocycles. The summed E-state index contributed by atoms with van der Waals surface area (Å²) in [6, 6.07) is 11.1. The maximum absolute atomic E-state index is 12.5. The number of thiophene rings is 1. The molecular formula is C19H19ClN2O3S. The zero-order valence-electron chi connectivity index (χ0n) is 14.1. The number of hydrogen-bond acceptors (Lipinski definition) is 4. The van der Waals surface area contributed by atoms with Crippen LogP contribution in [-0.2, 0) is 4.79 Å². The Hall–Kier alpha value is -2.05. The molecule has 1 N–H and O–H groups in total. The number of ether oxygens (including phenoxy) is 1. The molecule has 1 saturated heterocycles. The van der Waals surface area contributed by atoms with E-state index in [9.17, 15) is 9.59 Å². The van der Waals surface area contributed by atoms with Crippen molar-refractivity contribution in [2.75, 3.05) is 13.2 Å². The highest BCUT2D eigenvalue weighted by molar-refractivity contribution is 7.12. The molecule has 3 unspecified atom stereocenters. The molecule has 136 valence electrons. The summed E-state index contributed by atoms with van der Waals surface area (Å²) in [7, 11) is 0. The Morgan fingerprint density at radius 3 is 2.85 bits per heavy atom. The number of nitrogens with zero attached hydrogens (tertiary/aromatic N) is 1. The summed E-state index contributed by atoms with van der Waals surface area (Å²) in [5.41, 5.74) is 0. The number of benzene rings is 1. The van der Waals surface area contributed by atoms with Crippen LogP contribution in [0.15, 0.2) is 41.8 Å². The van der Waals surface area contributed by atoms with Crippen LogP contribution in [0.3, 0.4) is 0 Å². The van der Waals surface area contributed by atoms with Crippen molar-refractivity contribution in [3.63, 3.8) is 0 Å². The highest BCUT2D eigenvalue weighted by Gasteiger charge is 2.46. The molecule has 1 aliphatic heterocycles. The van der Waals surface area contributed by atoms with Gasteiger partial charge in [0.1, 0.15) is 5.75 Å². The number of amides is 2. The number of nitrogens with one attached hydrogen (secondary N) is 1. The highest BCUT2D eigenvalue weighted by Crippen LogP contribution is 2.38. The van der Waals surface area contributed by atoms with Gasteiger partial charge in [-0.2, -0.15) is 0 Å². The third-order valence-corrected chi connectivity index (χ3v) is 6.19. The van der Waals surface area contributed by atoms with Gasteiger partial charge in [-0.25, -0.2) is 0 Å². The Balaban J connectivity index is 1.29. The zero-order valence-corrected chi connectivity index (χ0v) is 15.6. The van der Waals surface area contributed by atoms with Crippen LogP contribution in [0.25, 0.3) is 0 Å². The number of halogens is 1. The fraction of sp³-hybridized carbons (Fsp3) is 0.368. The first-order chi connectivity index (χ1) is 12.6. The summed E-state index contributed by atoms with van der Waals surface area (Å²) in [6.45, 7) is 0.688. The van der Waals surface area contributed by atoms with Gasteiger partial charge in [-0.05, 0) is 48.4 Å². The van der Waals surface area contributed by atoms with Crippen molar-refractivity contribution in [2.45, 2.75) is 24.9 Å². The lowest BCUT2D eigenvalue weighted by Crippen LogP contribution is -2.48. The van der Waals surface area contributed by atoms with E-state index in [0.29, 0.717) is 23.2 Å². The second kappa shape index (κ2) is 7.29. The lowest BCUT2D eigenvalue weighted by atomic mass is 10.0. The summed E-state index contributed by atoms with van der Waals surface area (Å²) in [5, 5.41) is 5.61. The van der Waals surface area contributed by atoms with E-state index in [-0.39, 0.29) is 30.5 Å². The maximum Gasteiger partial charge on any atom is 0.261 e. The topological polar surface area (TPSA) is 58.6 Å². The van der Waals surface area contributed by atoms with E-state index < -0.39 is 0 Å². The molecule has 2 aromatic rings. The second-order valence-corrected chi connectivity index (χ2v) is 8.12. The molecule has 0 spiro atoms. The van der Waals surface area contributed by atoms with Crippen LogP contribution in [-0.4, -0.2) is 41.9 Å². The van der Waals surface area contributed by atoms with Gasteiger partial charge in [-0.3, -0.25) is 9.59 Å². The molecule has 0 radical (unpaired) electrons. The van der Waals surface area contributed by atoms with Crippen LogP contribution in [0.4, 0.5) is 0 Å². The highest BCUT2D eigenvalue weighted by atomic mass is 35.5. The monoisotopic (exact) mass is 390 g/mol. The number of carbonyl (C=O) groups is 2. The average Bonchev–Trinajstić information content (AvgIpc) is 3.36. The minimum atomic E-state index is -0.0142. The number of piperidine rings is 1. The summed E-state index contributed by atoms with van der Waals surface area (Å²) in [5.74, 6) is 0.885. The minimum Gasteiger partial charge on any atom is -0.484 e. The zero-order chi connectivity index (χ0) is 18.1. The molecular weight excluding hydrogens is 372 g/mol. The van der Waals surface area contributed by atoms with E-state index in [4.69, 9.17) is 16.3 Å². The molecule has 2 heterocycles. The predicted octanol–water partition coefficient (Wildman–Crippen LogP) is 3.20. The van der Waals surface area contributed by atoms with Gasteiger partial charge in [0.15, 0.2) is 6.61 Å². The molecule has 2 amide bonds. The molecule has 1 aromatic carbocycles. The molecule has 1 aliphatic carbocycles. The van der Waals surface area contributed by atoms with Crippen LogP contribution in [0.1, 0.15) is 22.5 Å². The Labute approximate surface area is 160 Å². The lowest BCUT2D eigenvalue weighted by molar-refractivity contribution is -0.135. The third-order valence-electron chi connectivity index (χ3n) is 5.08. The van der Waals surface area contributed by atoms with Gasteiger partial charge in [0.25, 0.3) is 11.8 Å². The number of fused-ring (bicyclic) bond motifs is 2. The van der Waals surface area contributed by atoms with Crippen LogP contribution in [0, 0.1) is 5.92 Å². The molecule has 2 bridgehead atoms. The summed E-state index contributed by atoms with van der Waals surface area (Å²) in [4.78, 5) is 27.3. The van der Waals surface area contributed by atoms with E-state index in [2.05, 4.69) is 5.32 Å². The summed E-state index contributed by atoms with van der Waals surface area (Å²) < 4.78 is 5.57. The van der Waals surface area contributed by atoms with E-state index >= 15 is 0 Å². The smallest absolute Gasteiger partial charge is 0.261 e. The number of likely N-dealkylation sites (tertiary alicyclic amines) is 1. The third kappa shape index (κ3) is 3.57. The van der Waals surface area contributed by atoms with Crippen molar-refractivity contribution in [1.29, 1.82) is 0 Å². The molecule has 4 rings (SSSR count). The predicted molar refractivity (Wildman–Crippen MR) is 101 cm³/mol. The van der Waals surface area contributed by atoms with Crippen LogP contribution < -0.4 is 10.1 Å². The van der Waals surface area contributed by atoms with Crippen LogP contribution in [0.5, 0.6) is 5.75 Å². The van der Waals surface area contributed by atoms with E-state index in [1.54, 1.807) is 24.3 Å². The molecule has 2 aliphatic rings. The first kappa shape index (κ1) is 17.4. The molecule has 26 heavy (non-hydrogen) atoms. The first-order valence-electron chi connectivity index (χ1n) is 8.62. The number of carbonyl (C=O) groups excluding carboxylic acids is 2. The van der Waals surface area contributed by atoms with E-state index in [1.807, 2.05) is 22.4 Å². The van der Waals surface area contributed by atoms with Crippen molar-refractivity contribution in [3.05, 3.63) is 51.7 Å². The number of hydrogen-bond donors (Lipinski definition) is 1. The van der Waals surface area contributed by atoms with Crippen LogP contribution >= 0.6 is 22.9 Å². The van der Waals surface area contributed by atoms with Gasteiger partial charge in [0.05, 0.1) is 4.88 Å². The Morgan fingerprint density at radius 1 is 1.27 bits per heavy atom. The fourth-order valence-corrected chi connectivity index (χ4v) is 4.67. The van der Waals surface area contributed by atoms with Crippen molar-refractivity contribution in [3.8, 4) is 5.75 Å². The minimum absolute atomic E-state index is 0.00971. The largest absolute Gasteiger partial charge is 0.484 e. The van der Waals surface area contributed by atoms with Gasteiger partial charge in [-0.1, -0.05) is 23.7 Å². The Bertz CT molecular complexity index is 811. The van der Waals surface area contributed by atoms with Crippen molar-refractivity contribution in [2.24, 2.45) is 5.92 Å². The van der Waals surface area contributed by atoms with Crippen molar-refractivity contribution < 1.29 is 14.3 Å². The van der Waals surface area contributed by atoms with Gasteiger partial charge in [0, 0.05) is 23.7 Å². The van der Waals surface area contributed by atoms with Gasteiger partial charge in [-0.15, -0.1) is 11.3 Å². The SMILES string of the molecule is O=C(NC1CC2CC1CN2C(=O)COc1cccc(Cl)c1)c1cccs1. The lowest BCUT2D eigenvalue weighted by Gasteiger charge is -2.31.